The molecule has 1 fully saturated rings. The van der Waals surface area contributed by atoms with E-state index in [2.05, 4.69) is 47.5 Å². The van der Waals surface area contributed by atoms with Gasteiger partial charge in [-0.3, -0.25) is 0 Å². The van der Waals surface area contributed by atoms with Crippen molar-refractivity contribution in [2.24, 2.45) is 5.73 Å². The number of rotatable bonds is 3. The number of hydrogen-bond acceptors (Lipinski definition) is 3. The Balaban J connectivity index is 1.87. The monoisotopic (exact) mass is 278 g/mol. The summed E-state index contributed by atoms with van der Waals surface area (Å²) >= 11 is 0. The molecule has 1 aromatic carbocycles. The molecule has 0 radical (unpaired) electrons. The van der Waals surface area contributed by atoms with E-state index < -0.39 is 0 Å². The number of aryl methyl sites for hydroxylation is 1. The molecule has 0 amide bonds. The predicted octanol–water partition coefficient (Wildman–Crippen LogP) is 3.04. The topological polar surface area (TPSA) is 56.2 Å². The summed E-state index contributed by atoms with van der Waals surface area (Å²) in [5, 5.41) is 4.34. The van der Waals surface area contributed by atoms with Gasteiger partial charge >= 0.3 is 0 Å². The van der Waals surface area contributed by atoms with Gasteiger partial charge in [-0.2, -0.15) is 5.10 Å². The molecule has 4 heteroatoms. The molecule has 106 valence electrons. The largest absolute Gasteiger partial charge is 0.326 e. The highest BCUT2D eigenvalue weighted by Crippen LogP contribution is 2.41. The van der Waals surface area contributed by atoms with Crippen LogP contribution in [-0.4, -0.2) is 14.6 Å². The van der Waals surface area contributed by atoms with Crippen LogP contribution >= 0.6 is 0 Å². The number of hydrogen-bond donors (Lipinski definition) is 1. The zero-order chi connectivity index (χ0) is 14.4. The molecule has 0 unspecified atom stereocenters. The lowest BCUT2D eigenvalue weighted by molar-refractivity contribution is 0.899. The molecule has 0 saturated heterocycles. The van der Waals surface area contributed by atoms with E-state index in [-0.39, 0.29) is 0 Å². The van der Waals surface area contributed by atoms with Crippen LogP contribution in [0.5, 0.6) is 0 Å². The van der Waals surface area contributed by atoms with Crippen molar-refractivity contribution < 1.29 is 0 Å². The zero-order valence-electron chi connectivity index (χ0n) is 12.1. The van der Waals surface area contributed by atoms with Crippen LogP contribution in [0.1, 0.15) is 35.4 Å². The average molecular weight is 278 g/mol. The SMILES string of the molecule is Cc1cc(-c2ncnn3cc(C4CC4)cc23)ccc1CN. The molecule has 1 saturated carbocycles. The van der Waals surface area contributed by atoms with Crippen molar-refractivity contribution in [2.75, 3.05) is 0 Å². The molecule has 2 N–H and O–H groups in total. The summed E-state index contributed by atoms with van der Waals surface area (Å²) in [6.07, 6.45) is 6.36. The Kier molecular flexibility index (Phi) is 2.79. The van der Waals surface area contributed by atoms with E-state index in [0.29, 0.717) is 6.54 Å². The molecule has 0 bridgehead atoms. The molecule has 21 heavy (non-hydrogen) atoms. The average Bonchev–Trinajstić information content (AvgIpc) is 3.25. The quantitative estimate of drug-likeness (QED) is 0.801. The van der Waals surface area contributed by atoms with Crippen LogP contribution in [0.3, 0.4) is 0 Å². The van der Waals surface area contributed by atoms with E-state index in [1.54, 1.807) is 6.33 Å². The minimum absolute atomic E-state index is 0.572. The van der Waals surface area contributed by atoms with Crippen molar-refractivity contribution >= 4 is 5.52 Å². The number of benzene rings is 1. The van der Waals surface area contributed by atoms with Gasteiger partial charge in [-0.15, -0.1) is 0 Å². The van der Waals surface area contributed by atoms with Gasteiger partial charge in [0.15, 0.2) is 0 Å². The van der Waals surface area contributed by atoms with Gasteiger partial charge in [0, 0.05) is 18.3 Å². The van der Waals surface area contributed by atoms with Crippen molar-refractivity contribution in [3.63, 3.8) is 0 Å². The van der Waals surface area contributed by atoms with Crippen molar-refractivity contribution in [1.29, 1.82) is 0 Å². The summed E-state index contributed by atoms with van der Waals surface area (Å²) in [6, 6.07) is 8.59. The van der Waals surface area contributed by atoms with Gasteiger partial charge in [-0.05, 0) is 54.5 Å². The van der Waals surface area contributed by atoms with Crippen molar-refractivity contribution in [3.05, 3.63) is 53.5 Å². The lowest BCUT2D eigenvalue weighted by atomic mass is 10.0. The van der Waals surface area contributed by atoms with Gasteiger partial charge < -0.3 is 5.73 Å². The fraction of sp³-hybridized carbons (Fsp3) is 0.294. The van der Waals surface area contributed by atoms with E-state index >= 15 is 0 Å². The summed E-state index contributed by atoms with van der Waals surface area (Å²) in [5.41, 5.74) is 12.7. The smallest absolute Gasteiger partial charge is 0.137 e. The highest BCUT2D eigenvalue weighted by Gasteiger charge is 2.25. The Bertz CT molecular complexity index is 815. The first-order chi connectivity index (χ1) is 10.3. The molecule has 4 rings (SSSR count). The van der Waals surface area contributed by atoms with E-state index in [4.69, 9.17) is 5.73 Å². The van der Waals surface area contributed by atoms with Crippen LogP contribution < -0.4 is 5.73 Å². The maximum Gasteiger partial charge on any atom is 0.137 e. The number of nitrogens with zero attached hydrogens (tertiary/aromatic N) is 3. The summed E-state index contributed by atoms with van der Waals surface area (Å²) in [4.78, 5) is 4.50. The summed E-state index contributed by atoms with van der Waals surface area (Å²) in [5.74, 6) is 0.723. The lowest BCUT2D eigenvalue weighted by Gasteiger charge is -2.07. The number of fused-ring (bicyclic) bond motifs is 1. The summed E-state index contributed by atoms with van der Waals surface area (Å²) < 4.78 is 1.95. The van der Waals surface area contributed by atoms with Crippen LogP contribution in [0.4, 0.5) is 0 Å². The van der Waals surface area contributed by atoms with Crippen LogP contribution in [-0.2, 0) is 6.54 Å². The molecule has 2 aromatic heterocycles. The molecule has 2 heterocycles. The van der Waals surface area contributed by atoms with Gasteiger partial charge in [0.1, 0.15) is 6.33 Å². The Labute approximate surface area is 123 Å². The standard InChI is InChI=1S/C17H18N4/c1-11-6-13(4-5-14(11)8-18)17-16-7-15(12-2-3-12)9-21(16)20-10-19-17/h4-7,9-10,12H,2-3,8,18H2,1H3. The second-order valence-corrected chi connectivity index (χ2v) is 5.83. The second-order valence-electron chi connectivity index (χ2n) is 5.83. The fourth-order valence-electron chi connectivity index (χ4n) is 2.88. The third-order valence-corrected chi connectivity index (χ3v) is 4.31. The minimum Gasteiger partial charge on any atom is -0.326 e. The molecular formula is C17H18N4. The van der Waals surface area contributed by atoms with Crippen molar-refractivity contribution in [1.82, 2.24) is 14.6 Å². The normalized spacial score (nSPS) is 14.8. The van der Waals surface area contributed by atoms with Crippen LogP contribution in [0.25, 0.3) is 16.8 Å². The Morgan fingerprint density at radius 2 is 2.14 bits per heavy atom. The third-order valence-electron chi connectivity index (χ3n) is 4.31. The highest BCUT2D eigenvalue weighted by molar-refractivity contribution is 5.77. The van der Waals surface area contributed by atoms with Crippen molar-refractivity contribution in [2.45, 2.75) is 32.2 Å². The van der Waals surface area contributed by atoms with Crippen LogP contribution in [0.2, 0.25) is 0 Å². The molecule has 3 aromatic rings. The maximum atomic E-state index is 5.74. The van der Waals surface area contributed by atoms with E-state index in [0.717, 1.165) is 22.7 Å². The molecule has 0 spiro atoms. The number of nitrogens with two attached hydrogens (primary N) is 1. The Morgan fingerprint density at radius 3 is 2.86 bits per heavy atom. The van der Waals surface area contributed by atoms with E-state index in [1.165, 1.54) is 29.5 Å². The minimum atomic E-state index is 0.572. The lowest BCUT2D eigenvalue weighted by Crippen LogP contribution is -2.00. The van der Waals surface area contributed by atoms with Gasteiger partial charge in [0.2, 0.25) is 0 Å². The third kappa shape index (κ3) is 2.12. The molecule has 1 aliphatic rings. The predicted molar refractivity (Wildman–Crippen MR) is 83.0 cm³/mol. The second kappa shape index (κ2) is 4.67. The maximum absolute atomic E-state index is 5.74. The van der Waals surface area contributed by atoms with Crippen LogP contribution in [0.15, 0.2) is 36.8 Å². The first kappa shape index (κ1) is 12.5. The summed E-state index contributed by atoms with van der Waals surface area (Å²) in [6.45, 7) is 2.67. The van der Waals surface area contributed by atoms with E-state index in [9.17, 15) is 0 Å². The van der Waals surface area contributed by atoms with Crippen molar-refractivity contribution in [3.8, 4) is 11.3 Å². The van der Waals surface area contributed by atoms with Gasteiger partial charge in [0.25, 0.3) is 0 Å². The zero-order valence-corrected chi connectivity index (χ0v) is 12.1. The first-order valence-corrected chi connectivity index (χ1v) is 7.39. The molecule has 1 aliphatic carbocycles. The Morgan fingerprint density at radius 1 is 1.29 bits per heavy atom. The molecular weight excluding hydrogens is 260 g/mol. The van der Waals surface area contributed by atoms with E-state index in [1.807, 2.05) is 4.52 Å². The molecule has 0 aliphatic heterocycles. The van der Waals surface area contributed by atoms with Crippen LogP contribution in [0, 0.1) is 6.92 Å². The molecule has 4 nitrogen and oxygen atoms in total. The van der Waals surface area contributed by atoms with Gasteiger partial charge in [-0.1, -0.05) is 12.1 Å². The number of aromatic nitrogens is 3. The first-order valence-electron chi connectivity index (χ1n) is 7.39. The fourth-order valence-corrected chi connectivity index (χ4v) is 2.88. The Hall–Kier alpha value is -2.20. The van der Waals surface area contributed by atoms with Gasteiger partial charge in [0.05, 0.1) is 11.2 Å². The van der Waals surface area contributed by atoms with Gasteiger partial charge in [-0.25, -0.2) is 9.50 Å². The highest BCUT2D eigenvalue weighted by atomic mass is 15.2. The summed E-state index contributed by atoms with van der Waals surface area (Å²) in [7, 11) is 0. The molecule has 0 atom stereocenters.